The highest BCUT2D eigenvalue weighted by molar-refractivity contribution is 7.89. The molecule has 1 atom stereocenters. The third-order valence-corrected chi connectivity index (χ3v) is 7.95. The average molecular weight is 547 g/mol. The second-order valence-electron chi connectivity index (χ2n) is 8.67. The minimum absolute atomic E-state index is 0.0371. The van der Waals surface area contributed by atoms with Gasteiger partial charge in [-0.2, -0.15) is 4.31 Å². The molecular weight excluding hydrogens is 520 g/mol. The van der Waals surface area contributed by atoms with Gasteiger partial charge in [-0.05, 0) is 55.3 Å². The van der Waals surface area contributed by atoms with Gasteiger partial charge in [-0.25, -0.2) is 13.2 Å². The molecule has 0 aliphatic carbocycles. The summed E-state index contributed by atoms with van der Waals surface area (Å²) >= 11 is 0. The van der Waals surface area contributed by atoms with E-state index in [9.17, 15) is 28.1 Å². The predicted octanol–water partition coefficient (Wildman–Crippen LogP) is 1.43. The number of carbonyl (C=O) groups is 1. The van der Waals surface area contributed by atoms with E-state index in [1.807, 2.05) is 0 Å². The molecule has 1 saturated heterocycles. The van der Waals surface area contributed by atoms with Crippen molar-refractivity contribution >= 4 is 26.8 Å². The molecule has 202 valence electrons. The minimum atomic E-state index is -3.85. The maximum absolute atomic E-state index is 13.3. The van der Waals surface area contributed by atoms with Gasteiger partial charge in [-0.15, -0.1) is 10.1 Å². The SMILES string of the molecule is Cc1cn(COC(=O)c2ccc(OCCO[N+](=O)[O-])cc2)c(=O)c2cccc(S(=O)(=O)N3CC[C@H](N)C3)c12. The van der Waals surface area contributed by atoms with Crippen molar-refractivity contribution in [3.05, 3.63) is 80.3 Å². The van der Waals surface area contributed by atoms with E-state index in [-0.39, 0.29) is 48.4 Å². The number of benzene rings is 2. The molecule has 1 fully saturated rings. The Bertz CT molecular complexity index is 1520. The lowest BCUT2D eigenvalue weighted by Gasteiger charge is -2.19. The van der Waals surface area contributed by atoms with Crippen LogP contribution in [0.5, 0.6) is 5.75 Å². The second-order valence-corrected chi connectivity index (χ2v) is 10.6. The Labute approximate surface area is 217 Å². The van der Waals surface area contributed by atoms with Crippen molar-refractivity contribution in [2.45, 2.75) is 31.0 Å². The first-order valence-electron chi connectivity index (χ1n) is 11.6. The maximum atomic E-state index is 13.3. The van der Waals surface area contributed by atoms with E-state index in [1.165, 1.54) is 57.5 Å². The van der Waals surface area contributed by atoms with E-state index in [0.29, 0.717) is 29.7 Å². The first-order valence-corrected chi connectivity index (χ1v) is 13.1. The van der Waals surface area contributed by atoms with Crippen molar-refractivity contribution in [2.75, 3.05) is 26.3 Å². The number of nitrogens with two attached hydrogens (primary N) is 1. The van der Waals surface area contributed by atoms with Crippen LogP contribution in [0.4, 0.5) is 0 Å². The van der Waals surface area contributed by atoms with Crippen molar-refractivity contribution in [1.29, 1.82) is 0 Å². The van der Waals surface area contributed by atoms with Crippen molar-refractivity contribution in [3.8, 4) is 5.75 Å². The van der Waals surface area contributed by atoms with E-state index >= 15 is 0 Å². The Morgan fingerprint density at radius 3 is 2.58 bits per heavy atom. The number of rotatable bonds is 10. The number of aromatic nitrogens is 1. The van der Waals surface area contributed by atoms with Crippen LogP contribution >= 0.6 is 0 Å². The number of fused-ring (bicyclic) bond motifs is 1. The standard InChI is InChI=1S/C24H26N4O9S/c1-16-13-26(15-36-24(30)17-5-7-19(8-6-17)35-11-12-37-28(31)32)23(29)20-3-2-4-21(22(16)20)38(33,34)27-10-9-18(25)14-27/h2-8,13,18H,9-12,14-15,25H2,1H3/t18-/m0/s1. The summed E-state index contributed by atoms with van der Waals surface area (Å²) in [4.78, 5) is 40.0. The molecule has 13 nitrogen and oxygen atoms in total. The van der Waals surface area contributed by atoms with Crippen LogP contribution in [0.2, 0.25) is 0 Å². The topological polar surface area (TPSA) is 173 Å². The van der Waals surface area contributed by atoms with Crippen LogP contribution in [0.3, 0.4) is 0 Å². The molecule has 1 aliphatic rings. The van der Waals surface area contributed by atoms with E-state index in [2.05, 4.69) is 4.84 Å². The molecule has 0 bridgehead atoms. The molecule has 0 unspecified atom stereocenters. The van der Waals surface area contributed by atoms with Crippen LogP contribution < -0.4 is 16.0 Å². The average Bonchev–Trinajstić information content (AvgIpc) is 3.34. The molecule has 14 heteroatoms. The molecular formula is C24H26N4O9S. The van der Waals surface area contributed by atoms with E-state index in [4.69, 9.17) is 15.2 Å². The van der Waals surface area contributed by atoms with Gasteiger partial charge in [0.2, 0.25) is 10.0 Å². The summed E-state index contributed by atoms with van der Waals surface area (Å²) in [6, 6.07) is 10.2. The molecule has 0 saturated carbocycles. The monoisotopic (exact) mass is 546 g/mol. The summed E-state index contributed by atoms with van der Waals surface area (Å²) in [5.41, 5.74) is 6.11. The van der Waals surface area contributed by atoms with Crippen LogP contribution in [0, 0.1) is 17.0 Å². The van der Waals surface area contributed by atoms with Gasteiger partial charge >= 0.3 is 5.97 Å². The summed E-state index contributed by atoms with van der Waals surface area (Å²) in [5.74, 6) is -0.323. The molecule has 2 heterocycles. The third kappa shape index (κ3) is 5.77. The first kappa shape index (κ1) is 27.0. The Balaban J connectivity index is 1.49. The second kappa shape index (κ2) is 11.2. The Kier molecular flexibility index (Phi) is 7.94. The number of hydrogen-bond donors (Lipinski definition) is 1. The fourth-order valence-corrected chi connectivity index (χ4v) is 6.01. The maximum Gasteiger partial charge on any atom is 0.339 e. The Hall–Kier alpha value is -4.01. The molecule has 0 spiro atoms. The van der Waals surface area contributed by atoms with E-state index in [1.54, 1.807) is 6.92 Å². The van der Waals surface area contributed by atoms with Gasteiger partial charge in [0, 0.05) is 36.1 Å². The van der Waals surface area contributed by atoms with Gasteiger partial charge in [-0.3, -0.25) is 9.36 Å². The van der Waals surface area contributed by atoms with Crippen molar-refractivity contribution in [2.24, 2.45) is 5.73 Å². The molecule has 2 N–H and O–H groups in total. The molecule has 0 radical (unpaired) electrons. The zero-order valence-electron chi connectivity index (χ0n) is 20.4. The van der Waals surface area contributed by atoms with Gasteiger partial charge < -0.3 is 20.0 Å². The number of esters is 1. The minimum Gasteiger partial charge on any atom is -0.492 e. The summed E-state index contributed by atoms with van der Waals surface area (Å²) in [5, 5.41) is 9.72. The molecule has 3 aromatic rings. The highest BCUT2D eigenvalue weighted by Gasteiger charge is 2.32. The highest BCUT2D eigenvalue weighted by Crippen LogP contribution is 2.28. The van der Waals surface area contributed by atoms with Crippen LogP contribution in [0.1, 0.15) is 22.3 Å². The van der Waals surface area contributed by atoms with E-state index < -0.39 is 26.6 Å². The number of hydrogen-bond acceptors (Lipinski definition) is 10. The summed E-state index contributed by atoms with van der Waals surface area (Å²) < 4.78 is 39.7. The summed E-state index contributed by atoms with van der Waals surface area (Å²) in [6.45, 7) is 1.54. The van der Waals surface area contributed by atoms with E-state index in [0.717, 1.165) is 0 Å². The lowest BCUT2D eigenvalue weighted by Crippen LogP contribution is -2.32. The molecule has 1 aromatic heterocycles. The lowest BCUT2D eigenvalue weighted by molar-refractivity contribution is -0.757. The molecule has 0 amide bonds. The van der Waals surface area contributed by atoms with Gasteiger partial charge in [0.15, 0.2) is 6.73 Å². The normalized spacial score (nSPS) is 15.9. The van der Waals surface area contributed by atoms with Crippen LogP contribution in [-0.2, 0) is 26.3 Å². The number of aryl methyl sites for hydroxylation is 1. The molecule has 1 aliphatic heterocycles. The first-order chi connectivity index (χ1) is 18.1. The number of pyridine rings is 1. The molecule has 2 aromatic carbocycles. The van der Waals surface area contributed by atoms with Crippen molar-refractivity contribution in [3.63, 3.8) is 0 Å². The van der Waals surface area contributed by atoms with Crippen molar-refractivity contribution < 1.29 is 32.6 Å². The summed E-state index contributed by atoms with van der Waals surface area (Å²) in [6.07, 6.45) is 2.02. The Morgan fingerprint density at radius 2 is 1.92 bits per heavy atom. The fourth-order valence-electron chi connectivity index (χ4n) is 4.22. The quantitative estimate of drug-likeness (QED) is 0.170. The van der Waals surface area contributed by atoms with Gasteiger partial charge in [0.25, 0.3) is 10.6 Å². The lowest BCUT2D eigenvalue weighted by atomic mass is 10.1. The smallest absolute Gasteiger partial charge is 0.339 e. The van der Waals surface area contributed by atoms with Gasteiger partial charge in [0.05, 0.1) is 10.5 Å². The number of carbonyl (C=O) groups excluding carboxylic acids is 1. The summed E-state index contributed by atoms with van der Waals surface area (Å²) in [7, 11) is -3.85. The zero-order chi connectivity index (χ0) is 27.4. The zero-order valence-corrected chi connectivity index (χ0v) is 21.3. The van der Waals surface area contributed by atoms with Crippen LogP contribution in [0.25, 0.3) is 10.8 Å². The molecule has 38 heavy (non-hydrogen) atoms. The van der Waals surface area contributed by atoms with Gasteiger partial charge in [-0.1, -0.05) is 6.07 Å². The molecule has 4 rings (SSSR count). The largest absolute Gasteiger partial charge is 0.492 e. The fraction of sp³-hybridized carbons (Fsp3) is 0.333. The van der Waals surface area contributed by atoms with Crippen molar-refractivity contribution in [1.82, 2.24) is 8.87 Å². The predicted molar refractivity (Wildman–Crippen MR) is 135 cm³/mol. The number of sulfonamides is 1. The third-order valence-electron chi connectivity index (χ3n) is 6.04. The van der Waals surface area contributed by atoms with Crippen LogP contribution in [0.15, 0.2) is 58.4 Å². The van der Waals surface area contributed by atoms with Gasteiger partial charge in [0.1, 0.15) is 19.0 Å². The number of nitrogens with zero attached hydrogens (tertiary/aromatic N) is 3. The van der Waals surface area contributed by atoms with Crippen LogP contribution in [-0.4, -0.2) is 60.7 Å². The number of ether oxygens (including phenoxy) is 2. The highest BCUT2D eigenvalue weighted by atomic mass is 32.2. The Morgan fingerprint density at radius 1 is 1.18 bits per heavy atom.